The maximum atomic E-state index is 5.25. The molecule has 0 bridgehead atoms. The summed E-state index contributed by atoms with van der Waals surface area (Å²) in [5.74, 6) is 0.886. The predicted octanol–water partition coefficient (Wildman–Crippen LogP) is 2.51. The van der Waals surface area contributed by atoms with Crippen molar-refractivity contribution in [2.24, 2.45) is 0 Å². The summed E-state index contributed by atoms with van der Waals surface area (Å²) in [5, 5.41) is 0. The van der Waals surface area contributed by atoms with E-state index >= 15 is 0 Å². The molecule has 0 N–H and O–H groups in total. The van der Waals surface area contributed by atoms with Gasteiger partial charge in [0.25, 0.3) is 0 Å². The van der Waals surface area contributed by atoms with E-state index in [-0.39, 0.29) is 0 Å². The predicted molar refractivity (Wildman–Crippen MR) is 53.9 cm³/mol. The number of methoxy groups -OCH3 is 1. The SMILES string of the molecule is C=C=Cc1ncc(C)c(OC)c1C. The average molecular weight is 175 g/mol. The lowest BCUT2D eigenvalue weighted by molar-refractivity contribution is 0.407. The molecule has 0 unspecified atom stereocenters. The number of rotatable bonds is 2. The monoisotopic (exact) mass is 175 g/mol. The van der Waals surface area contributed by atoms with Gasteiger partial charge in [0.15, 0.2) is 0 Å². The van der Waals surface area contributed by atoms with Gasteiger partial charge >= 0.3 is 0 Å². The van der Waals surface area contributed by atoms with Gasteiger partial charge in [-0.25, -0.2) is 0 Å². The van der Waals surface area contributed by atoms with Crippen molar-refractivity contribution >= 4 is 6.08 Å². The second-order valence-electron chi connectivity index (χ2n) is 2.83. The van der Waals surface area contributed by atoms with Gasteiger partial charge in [0, 0.05) is 23.4 Å². The molecule has 0 atom stereocenters. The topological polar surface area (TPSA) is 22.1 Å². The zero-order valence-electron chi connectivity index (χ0n) is 8.22. The molecule has 0 aromatic carbocycles. The van der Waals surface area contributed by atoms with Crippen LogP contribution in [0.15, 0.2) is 18.5 Å². The van der Waals surface area contributed by atoms with Crippen molar-refractivity contribution in [1.82, 2.24) is 4.98 Å². The Morgan fingerprint density at radius 1 is 1.54 bits per heavy atom. The molecule has 13 heavy (non-hydrogen) atoms. The number of aryl methyl sites for hydroxylation is 1. The number of hydrogen-bond acceptors (Lipinski definition) is 2. The lowest BCUT2D eigenvalue weighted by Gasteiger charge is -2.09. The molecule has 0 aliphatic carbocycles. The van der Waals surface area contributed by atoms with Gasteiger partial charge in [0.05, 0.1) is 12.8 Å². The molecular weight excluding hydrogens is 162 g/mol. The van der Waals surface area contributed by atoms with Gasteiger partial charge in [-0.3, -0.25) is 4.98 Å². The Hall–Kier alpha value is -1.53. The first kappa shape index (κ1) is 9.56. The van der Waals surface area contributed by atoms with Crippen LogP contribution in [0.4, 0.5) is 0 Å². The number of pyridine rings is 1. The Balaban J connectivity index is 3.35. The van der Waals surface area contributed by atoms with Crippen molar-refractivity contribution in [3.8, 4) is 5.75 Å². The van der Waals surface area contributed by atoms with Crippen LogP contribution in [0, 0.1) is 13.8 Å². The first-order valence-electron chi connectivity index (χ1n) is 4.06. The van der Waals surface area contributed by atoms with E-state index in [1.807, 2.05) is 13.8 Å². The lowest BCUT2D eigenvalue weighted by atomic mass is 10.1. The highest BCUT2D eigenvalue weighted by atomic mass is 16.5. The molecule has 2 heteroatoms. The van der Waals surface area contributed by atoms with E-state index in [9.17, 15) is 0 Å². The smallest absolute Gasteiger partial charge is 0.128 e. The van der Waals surface area contributed by atoms with Gasteiger partial charge in [-0.15, -0.1) is 5.73 Å². The zero-order chi connectivity index (χ0) is 9.84. The van der Waals surface area contributed by atoms with Crippen LogP contribution in [0.25, 0.3) is 6.08 Å². The molecule has 0 aliphatic rings. The summed E-state index contributed by atoms with van der Waals surface area (Å²) < 4.78 is 5.25. The lowest BCUT2D eigenvalue weighted by Crippen LogP contribution is -1.95. The highest BCUT2D eigenvalue weighted by molar-refractivity contribution is 5.54. The van der Waals surface area contributed by atoms with Crippen LogP contribution in [0.1, 0.15) is 16.8 Å². The summed E-state index contributed by atoms with van der Waals surface area (Å²) >= 11 is 0. The third kappa shape index (κ3) is 1.79. The first-order chi connectivity index (χ1) is 6.20. The van der Waals surface area contributed by atoms with E-state index in [2.05, 4.69) is 17.3 Å². The third-order valence-corrected chi connectivity index (χ3v) is 1.92. The number of ether oxygens (including phenoxy) is 1. The molecular formula is C11H13NO. The molecule has 0 amide bonds. The first-order valence-corrected chi connectivity index (χ1v) is 4.06. The van der Waals surface area contributed by atoms with Crippen LogP contribution < -0.4 is 4.74 Å². The Labute approximate surface area is 78.6 Å². The molecule has 1 aromatic heterocycles. The molecule has 0 saturated carbocycles. The van der Waals surface area contributed by atoms with Crippen molar-refractivity contribution in [3.63, 3.8) is 0 Å². The fourth-order valence-electron chi connectivity index (χ4n) is 1.29. The zero-order valence-corrected chi connectivity index (χ0v) is 8.22. The quantitative estimate of drug-likeness (QED) is 0.644. The molecule has 1 rings (SSSR count). The largest absolute Gasteiger partial charge is 0.496 e. The Morgan fingerprint density at radius 2 is 2.23 bits per heavy atom. The highest BCUT2D eigenvalue weighted by Crippen LogP contribution is 2.24. The van der Waals surface area contributed by atoms with Crippen molar-refractivity contribution in [1.29, 1.82) is 0 Å². The summed E-state index contributed by atoms with van der Waals surface area (Å²) in [6.45, 7) is 7.46. The van der Waals surface area contributed by atoms with Crippen LogP contribution in [0.3, 0.4) is 0 Å². The third-order valence-electron chi connectivity index (χ3n) is 1.92. The number of hydrogen-bond donors (Lipinski definition) is 0. The molecule has 0 radical (unpaired) electrons. The Bertz CT molecular complexity index is 363. The van der Waals surface area contributed by atoms with Crippen molar-refractivity contribution in [2.45, 2.75) is 13.8 Å². The molecule has 0 saturated heterocycles. The van der Waals surface area contributed by atoms with Crippen molar-refractivity contribution < 1.29 is 4.74 Å². The summed E-state index contributed by atoms with van der Waals surface area (Å²) in [4.78, 5) is 4.24. The van der Waals surface area contributed by atoms with Crippen molar-refractivity contribution in [3.05, 3.63) is 35.3 Å². The maximum Gasteiger partial charge on any atom is 0.128 e. The van der Waals surface area contributed by atoms with Crippen LogP contribution >= 0.6 is 0 Å². The summed E-state index contributed by atoms with van der Waals surface area (Å²) in [7, 11) is 1.66. The number of nitrogens with zero attached hydrogens (tertiary/aromatic N) is 1. The minimum absolute atomic E-state index is 0.859. The molecule has 0 spiro atoms. The van der Waals surface area contributed by atoms with Gasteiger partial charge in [0.2, 0.25) is 0 Å². The minimum atomic E-state index is 0.859. The molecule has 1 heterocycles. The van der Waals surface area contributed by atoms with E-state index in [0.717, 1.165) is 22.6 Å². The summed E-state index contributed by atoms with van der Waals surface area (Å²) in [6.07, 6.45) is 3.53. The minimum Gasteiger partial charge on any atom is -0.496 e. The molecule has 0 aliphatic heterocycles. The molecule has 68 valence electrons. The second-order valence-corrected chi connectivity index (χ2v) is 2.83. The van der Waals surface area contributed by atoms with E-state index in [1.54, 1.807) is 19.4 Å². The molecule has 0 fully saturated rings. The Kier molecular flexibility index (Phi) is 2.88. The summed E-state index contributed by atoms with van der Waals surface area (Å²) in [6, 6.07) is 0. The fraction of sp³-hybridized carbons (Fsp3) is 0.273. The van der Waals surface area contributed by atoms with Crippen molar-refractivity contribution in [2.75, 3.05) is 7.11 Å². The van der Waals surface area contributed by atoms with E-state index in [1.165, 1.54) is 0 Å². The van der Waals surface area contributed by atoms with Crippen LogP contribution in [0.2, 0.25) is 0 Å². The van der Waals surface area contributed by atoms with E-state index in [0.29, 0.717) is 0 Å². The average Bonchev–Trinajstić information content (AvgIpc) is 2.11. The maximum absolute atomic E-state index is 5.25. The van der Waals surface area contributed by atoms with Gasteiger partial charge in [-0.05, 0) is 13.8 Å². The second kappa shape index (κ2) is 3.92. The van der Waals surface area contributed by atoms with Crippen LogP contribution in [-0.2, 0) is 0 Å². The number of aromatic nitrogens is 1. The van der Waals surface area contributed by atoms with E-state index in [4.69, 9.17) is 4.74 Å². The van der Waals surface area contributed by atoms with Gasteiger partial charge < -0.3 is 4.74 Å². The van der Waals surface area contributed by atoms with Crippen LogP contribution in [0.5, 0.6) is 5.75 Å². The molecule has 1 aromatic rings. The molecule has 2 nitrogen and oxygen atoms in total. The normalized spacial score (nSPS) is 9.15. The van der Waals surface area contributed by atoms with Gasteiger partial charge in [0.1, 0.15) is 5.75 Å². The fourth-order valence-corrected chi connectivity index (χ4v) is 1.29. The highest BCUT2D eigenvalue weighted by Gasteiger charge is 2.06. The van der Waals surface area contributed by atoms with Gasteiger partial charge in [-0.1, -0.05) is 6.58 Å². The van der Waals surface area contributed by atoms with E-state index < -0.39 is 0 Å². The standard InChI is InChI=1S/C11H13NO/c1-5-6-10-9(3)11(13-4)8(2)7-12-10/h6-7H,1H2,2-4H3. The Morgan fingerprint density at radius 3 is 2.77 bits per heavy atom. The van der Waals surface area contributed by atoms with Gasteiger partial charge in [-0.2, -0.15) is 0 Å². The van der Waals surface area contributed by atoms with Crippen LogP contribution in [-0.4, -0.2) is 12.1 Å². The summed E-state index contributed by atoms with van der Waals surface area (Å²) in [5.41, 5.74) is 5.63.